The van der Waals surface area contributed by atoms with Crippen molar-refractivity contribution in [3.63, 3.8) is 0 Å². The molecule has 0 spiro atoms. The summed E-state index contributed by atoms with van der Waals surface area (Å²) in [5.74, 6) is 0.357. The van der Waals surface area contributed by atoms with E-state index in [1.807, 2.05) is 12.1 Å². The van der Waals surface area contributed by atoms with Gasteiger partial charge in [-0.2, -0.15) is 0 Å². The van der Waals surface area contributed by atoms with Gasteiger partial charge < -0.3 is 10.8 Å². The predicted octanol–water partition coefficient (Wildman–Crippen LogP) is 3.30. The zero-order valence-electron chi connectivity index (χ0n) is 8.57. The Balaban J connectivity index is 0.00000128. The van der Waals surface area contributed by atoms with Crippen molar-refractivity contribution in [2.24, 2.45) is 11.7 Å². The van der Waals surface area contributed by atoms with Crippen LogP contribution in [0, 0.1) is 5.92 Å². The molecule has 1 fully saturated rings. The maximum absolute atomic E-state index is 9.93. The smallest absolute Gasteiger partial charge is 0.0761 e. The van der Waals surface area contributed by atoms with Crippen LogP contribution in [0.5, 0.6) is 0 Å². The van der Waals surface area contributed by atoms with Gasteiger partial charge in [-0.1, -0.05) is 27.5 Å². The molecule has 0 bridgehead atoms. The molecule has 1 aliphatic carbocycles. The quantitative estimate of drug-likeness (QED) is 0.895. The van der Waals surface area contributed by atoms with Crippen LogP contribution < -0.4 is 5.73 Å². The molecule has 0 aliphatic heterocycles. The molecule has 16 heavy (non-hydrogen) atoms. The van der Waals surface area contributed by atoms with E-state index in [0.29, 0.717) is 10.9 Å². The minimum atomic E-state index is -0.475. The summed E-state index contributed by atoms with van der Waals surface area (Å²) >= 11 is 9.42. The maximum Gasteiger partial charge on any atom is 0.0761 e. The minimum Gasteiger partial charge on any atom is -0.391 e. The van der Waals surface area contributed by atoms with Crippen LogP contribution in [0.1, 0.15) is 24.4 Å². The Bertz CT molecular complexity index is 371. The van der Waals surface area contributed by atoms with Crippen LogP contribution in [0.15, 0.2) is 22.7 Å². The largest absolute Gasteiger partial charge is 0.391 e. The highest BCUT2D eigenvalue weighted by molar-refractivity contribution is 9.10. The minimum absolute atomic E-state index is 0. The van der Waals surface area contributed by atoms with Gasteiger partial charge in [-0.15, -0.1) is 12.4 Å². The lowest BCUT2D eigenvalue weighted by atomic mass is 9.99. The van der Waals surface area contributed by atoms with Crippen LogP contribution >= 0.6 is 39.9 Å². The molecule has 2 rings (SSSR count). The summed E-state index contributed by atoms with van der Waals surface area (Å²) < 4.78 is 0.931. The number of aliphatic hydroxyl groups is 1. The number of halogens is 3. The average molecular weight is 327 g/mol. The SMILES string of the molecule is Cl.N[C@H](c1cc(Br)ccc1Cl)[C@@H](O)C1CC1. The molecule has 2 atom stereocenters. The first-order valence-corrected chi connectivity index (χ1v) is 6.15. The molecule has 0 heterocycles. The Morgan fingerprint density at radius 2 is 2.06 bits per heavy atom. The van der Waals surface area contributed by atoms with Gasteiger partial charge in [0.2, 0.25) is 0 Å². The summed E-state index contributed by atoms with van der Waals surface area (Å²) in [5.41, 5.74) is 6.80. The summed E-state index contributed by atoms with van der Waals surface area (Å²) in [4.78, 5) is 0. The normalized spacial score (nSPS) is 18.8. The van der Waals surface area contributed by atoms with Crippen LogP contribution in [0.2, 0.25) is 5.02 Å². The topological polar surface area (TPSA) is 46.2 Å². The first-order valence-electron chi connectivity index (χ1n) is 4.98. The van der Waals surface area contributed by atoms with Crippen LogP contribution in [-0.2, 0) is 0 Å². The summed E-state index contributed by atoms with van der Waals surface area (Å²) in [7, 11) is 0. The van der Waals surface area contributed by atoms with E-state index in [0.717, 1.165) is 22.9 Å². The molecule has 3 N–H and O–H groups in total. The van der Waals surface area contributed by atoms with Crippen molar-refractivity contribution >= 4 is 39.9 Å². The predicted molar refractivity (Wildman–Crippen MR) is 72.1 cm³/mol. The van der Waals surface area contributed by atoms with Gasteiger partial charge >= 0.3 is 0 Å². The Labute approximate surface area is 115 Å². The van der Waals surface area contributed by atoms with E-state index < -0.39 is 6.10 Å². The second-order valence-corrected chi connectivity index (χ2v) is 5.34. The van der Waals surface area contributed by atoms with Crippen molar-refractivity contribution in [2.75, 3.05) is 0 Å². The molecule has 1 saturated carbocycles. The number of hydrogen-bond donors (Lipinski definition) is 2. The van der Waals surface area contributed by atoms with Gasteiger partial charge in [0.15, 0.2) is 0 Å². The van der Waals surface area contributed by atoms with Gasteiger partial charge in [-0.25, -0.2) is 0 Å². The second-order valence-electron chi connectivity index (χ2n) is 4.02. The summed E-state index contributed by atoms with van der Waals surface area (Å²) in [5, 5.41) is 10.5. The summed E-state index contributed by atoms with van der Waals surface area (Å²) in [6.07, 6.45) is 1.66. The van der Waals surface area contributed by atoms with Crippen molar-refractivity contribution in [3.05, 3.63) is 33.3 Å². The van der Waals surface area contributed by atoms with Gasteiger partial charge in [0, 0.05) is 9.50 Å². The van der Waals surface area contributed by atoms with Gasteiger partial charge in [0.05, 0.1) is 12.1 Å². The lowest BCUT2D eigenvalue weighted by molar-refractivity contribution is 0.122. The lowest BCUT2D eigenvalue weighted by Crippen LogP contribution is -2.28. The standard InChI is InChI=1S/C11H13BrClNO.ClH/c12-7-3-4-9(13)8(5-7)10(14)11(15)6-1-2-6;/h3-6,10-11,15H,1-2,14H2;1H/t10-,11+;/m1./s1. The van der Waals surface area contributed by atoms with Crippen LogP contribution in [0.3, 0.4) is 0 Å². The molecular formula is C11H14BrCl2NO. The fraction of sp³-hybridized carbons (Fsp3) is 0.455. The molecule has 90 valence electrons. The van der Waals surface area contributed by atoms with E-state index in [1.54, 1.807) is 6.07 Å². The third kappa shape index (κ3) is 3.11. The van der Waals surface area contributed by atoms with Crippen molar-refractivity contribution in [1.82, 2.24) is 0 Å². The number of aliphatic hydroxyl groups excluding tert-OH is 1. The highest BCUT2D eigenvalue weighted by Gasteiger charge is 2.34. The summed E-state index contributed by atoms with van der Waals surface area (Å²) in [6.45, 7) is 0. The molecule has 0 aromatic heterocycles. The average Bonchev–Trinajstić information content (AvgIpc) is 3.03. The zero-order chi connectivity index (χ0) is 11.0. The van der Waals surface area contributed by atoms with Crippen LogP contribution in [0.4, 0.5) is 0 Å². The molecule has 2 nitrogen and oxygen atoms in total. The van der Waals surface area contributed by atoms with Gasteiger partial charge in [0.1, 0.15) is 0 Å². The van der Waals surface area contributed by atoms with Crippen molar-refractivity contribution in [1.29, 1.82) is 0 Å². The zero-order valence-corrected chi connectivity index (χ0v) is 11.7. The molecule has 1 aromatic carbocycles. The van der Waals surface area contributed by atoms with Crippen molar-refractivity contribution < 1.29 is 5.11 Å². The number of hydrogen-bond acceptors (Lipinski definition) is 2. The molecule has 0 amide bonds. The van der Waals surface area contributed by atoms with E-state index in [9.17, 15) is 5.11 Å². The highest BCUT2D eigenvalue weighted by atomic mass is 79.9. The Hall–Kier alpha value is 0.200. The molecule has 5 heteroatoms. The van der Waals surface area contributed by atoms with E-state index in [1.165, 1.54) is 0 Å². The third-order valence-corrected chi connectivity index (χ3v) is 3.63. The Kier molecular flexibility index (Phi) is 5.08. The monoisotopic (exact) mass is 325 g/mol. The van der Waals surface area contributed by atoms with Crippen molar-refractivity contribution in [3.8, 4) is 0 Å². The first-order chi connectivity index (χ1) is 7.09. The van der Waals surface area contributed by atoms with Crippen molar-refractivity contribution in [2.45, 2.75) is 25.0 Å². The first kappa shape index (κ1) is 14.3. The van der Waals surface area contributed by atoms with E-state index in [2.05, 4.69) is 15.9 Å². The number of benzene rings is 1. The van der Waals surface area contributed by atoms with Crippen LogP contribution in [-0.4, -0.2) is 11.2 Å². The molecule has 1 aromatic rings. The molecular weight excluding hydrogens is 313 g/mol. The fourth-order valence-corrected chi connectivity index (χ4v) is 2.31. The van der Waals surface area contributed by atoms with Gasteiger partial charge in [-0.05, 0) is 42.5 Å². The van der Waals surface area contributed by atoms with Gasteiger partial charge in [0.25, 0.3) is 0 Å². The summed E-state index contributed by atoms with van der Waals surface area (Å²) in [6, 6.07) is 5.14. The molecule has 0 unspecified atom stereocenters. The molecule has 0 radical (unpaired) electrons. The van der Waals surface area contributed by atoms with Crippen LogP contribution in [0.25, 0.3) is 0 Å². The fourth-order valence-electron chi connectivity index (χ4n) is 1.68. The van der Waals surface area contributed by atoms with E-state index >= 15 is 0 Å². The highest BCUT2D eigenvalue weighted by Crippen LogP contribution is 2.38. The van der Waals surface area contributed by atoms with Gasteiger partial charge in [-0.3, -0.25) is 0 Å². The number of rotatable bonds is 3. The second kappa shape index (κ2) is 5.69. The lowest BCUT2D eigenvalue weighted by Gasteiger charge is -2.20. The Morgan fingerprint density at radius 1 is 1.44 bits per heavy atom. The van der Waals surface area contributed by atoms with E-state index in [-0.39, 0.29) is 18.4 Å². The maximum atomic E-state index is 9.93. The van der Waals surface area contributed by atoms with E-state index in [4.69, 9.17) is 17.3 Å². The Morgan fingerprint density at radius 3 is 2.62 bits per heavy atom. The molecule has 0 saturated heterocycles. The third-order valence-electron chi connectivity index (χ3n) is 2.79. The number of nitrogens with two attached hydrogens (primary N) is 1. The molecule has 1 aliphatic rings.